The smallest absolute Gasteiger partial charge is 0.224 e. The number of amides is 1. The Kier molecular flexibility index (Phi) is 4.96. The SMILES string of the molecule is CCNC(C)CC(=O)N1CCCC(c2ccn[nH]2)C1. The fourth-order valence-electron chi connectivity index (χ4n) is 2.76. The number of nitrogens with one attached hydrogen (secondary N) is 2. The van der Waals surface area contributed by atoms with Crippen LogP contribution in [0.15, 0.2) is 12.3 Å². The van der Waals surface area contributed by atoms with Crippen LogP contribution < -0.4 is 5.32 Å². The summed E-state index contributed by atoms with van der Waals surface area (Å²) >= 11 is 0. The van der Waals surface area contributed by atoms with Crippen LogP contribution in [-0.4, -0.2) is 46.7 Å². The molecule has 5 heteroatoms. The Morgan fingerprint density at radius 1 is 1.68 bits per heavy atom. The Balaban J connectivity index is 1.88. The van der Waals surface area contributed by atoms with Crippen molar-refractivity contribution in [2.24, 2.45) is 0 Å². The van der Waals surface area contributed by atoms with Gasteiger partial charge in [-0.1, -0.05) is 6.92 Å². The van der Waals surface area contributed by atoms with Crippen molar-refractivity contribution < 1.29 is 4.79 Å². The van der Waals surface area contributed by atoms with E-state index in [9.17, 15) is 4.79 Å². The Hall–Kier alpha value is -1.36. The number of carbonyl (C=O) groups excluding carboxylic acids is 1. The van der Waals surface area contributed by atoms with E-state index in [2.05, 4.69) is 29.4 Å². The van der Waals surface area contributed by atoms with E-state index in [0.29, 0.717) is 12.3 Å². The zero-order valence-corrected chi connectivity index (χ0v) is 11.9. The van der Waals surface area contributed by atoms with E-state index >= 15 is 0 Å². The van der Waals surface area contributed by atoms with Crippen molar-refractivity contribution in [1.29, 1.82) is 0 Å². The van der Waals surface area contributed by atoms with Gasteiger partial charge in [0.05, 0.1) is 0 Å². The quantitative estimate of drug-likeness (QED) is 0.847. The molecule has 0 aliphatic carbocycles. The van der Waals surface area contributed by atoms with Crippen LogP contribution in [0.5, 0.6) is 0 Å². The molecule has 0 aromatic carbocycles. The summed E-state index contributed by atoms with van der Waals surface area (Å²) in [7, 11) is 0. The number of H-pyrrole nitrogens is 1. The summed E-state index contributed by atoms with van der Waals surface area (Å²) in [6, 6.07) is 2.27. The second-order valence-corrected chi connectivity index (χ2v) is 5.35. The van der Waals surface area contributed by atoms with E-state index in [1.54, 1.807) is 6.20 Å². The van der Waals surface area contributed by atoms with Gasteiger partial charge in [-0.3, -0.25) is 9.89 Å². The molecule has 2 heterocycles. The minimum absolute atomic E-state index is 0.255. The second-order valence-electron chi connectivity index (χ2n) is 5.35. The van der Waals surface area contributed by atoms with E-state index in [1.165, 1.54) is 0 Å². The van der Waals surface area contributed by atoms with Gasteiger partial charge in [0.2, 0.25) is 5.91 Å². The molecule has 0 saturated carbocycles. The fraction of sp³-hybridized carbons (Fsp3) is 0.714. The molecule has 2 atom stereocenters. The van der Waals surface area contributed by atoms with Crippen molar-refractivity contribution in [2.75, 3.05) is 19.6 Å². The van der Waals surface area contributed by atoms with Gasteiger partial charge in [0.1, 0.15) is 0 Å². The standard InChI is InChI=1S/C14H24N4O/c1-3-15-11(2)9-14(19)18-8-4-5-12(10-18)13-6-7-16-17-13/h6-7,11-12,15H,3-5,8-10H2,1-2H3,(H,16,17). The molecule has 2 unspecified atom stereocenters. The van der Waals surface area contributed by atoms with Gasteiger partial charge in [-0.25, -0.2) is 0 Å². The minimum Gasteiger partial charge on any atom is -0.342 e. The molecule has 5 nitrogen and oxygen atoms in total. The Morgan fingerprint density at radius 3 is 3.21 bits per heavy atom. The minimum atomic E-state index is 0.255. The maximum Gasteiger partial charge on any atom is 0.224 e. The number of piperidine rings is 1. The molecule has 1 amide bonds. The Labute approximate surface area is 114 Å². The number of aromatic amines is 1. The van der Waals surface area contributed by atoms with Crippen LogP contribution in [0.2, 0.25) is 0 Å². The van der Waals surface area contributed by atoms with E-state index < -0.39 is 0 Å². The van der Waals surface area contributed by atoms with Crippen LogP contribution in [0, 0.1) is 0 Å². The lowest BCUT2D eigenvalue weighted by atomic mass is 9.94. The zero-order valence-electron chi connectivity index (χ0n) is 11.9. The molecule has 0 spiro atoms. The van der Waals surface area contributed by atoms with E-state index in [-0.39, 0.29) is 11.9 Å². The van der Waals surface area contributed by atoms with E-state index in [1.807, 2.05) is 11.0 Å². The first-order valence-corrected chi connectivity index (χ1v) is 7.21. The van der Waals surface area contributed by atoms with Crippen LogP contribution in [0.25, 0.3) is 0 Å². The van der Waals surface area contributed by atoms with Crippen LogP contribution in [0.3, 0.4) is 0 Å². The van der Waals surface area contributed by atoms with Gasteiger partial charge >= 0.3 is 0 Å². The summed E-state index contributed by atoms with van der Waals surface area (Å²) < 4.78 is 0. The normalized spacial score (nSPS) is 21.4. The number of likely N-dealkylation sites (tertiary alicyclic amines) is 1. The maximum absolute atomic E-state index is 12.3. The van der Waals surface area contributed by atoms with Crippen molar-refractivity contribution in [3.05, 3.63) is 18.0 Å². The third-order valence-electron chi connectivity index (χ3n) is 3.77. The summed E-state index contributed by atoms with van der Waals surface area (Å²) in [5, 5.41) is 10.3. The predicted octanol–water partition coefficient (Wildman–Crippen LogP) is 1.50. The van der Waals surface area contributed by atoms with Gasteiger partial charge in [0.15, 0.2) is 0 Å². The monoisotopic (exact) mass is 264 g/mol. The van der Waals surface area contributed by atoms with Crippen LogP contribution in [0.4, 0.5) is 0 Å². The molecule has 19 heavy (non-hydrogen) atoms. The Bertz CT molecular complexity index is 390. The van der Waals surface area contributed by atoms with Crippen molar-refractivity contribution in [2.45, 2.75) is 45.1 Å². The molecule has 2 rings (SSSR count). The number of hydrogen-bond donors (Lipinski definition) is 2. The van der Waals surface area contributed by atoms with Crippen molar-refractivity contribution in [1.82, 2.24) is 20.4 Å². The molecular weight excluding hydrogens is 240 g/mol. The molecule has 1 fully saturated rings. The molecule has 2 N–H and O–H groups in total. The fourth-order valence-corrected chi connectivity index (χ4v) is 2.76. The summed E-state index contributed by atoms with van der Waals surface area (Å²) in [4.78, 5) is 14.3. The lowest BCUT2D eigenvalue weighted by Crippen LogP contribution is -2.42. The average Bonchev–Trinajstić information content (AvgIpc) is 2.93. The number of rotatable bonds is 5. The third-order valence-corrected chi connectivity index (χ3v) is 3.77. The molecule has 1 aliphatic heterocycles. The van der Waals surface area contributed by atoms with Gasteiger partial charge in [0.25, 0.3) is 0 Å². The largest absolute Gasteiger partial charge is 0.342 e. The van der Waals surface area contributed by atoms with Gasteiger partial charge < -0.3 is 10.2 Å². The molecule has 0 radical (unpaired) electrons. The number of nitrogens with zero attached hydrogens (tertiary/aromatic N) is 2. The first kappa shape index (κ1) is 14.1. The van der Waals surface area contributed by atoms with Gasteiger partial charge in [0, 0.05) is 43.4 Å². The molecule has 106 valence electrons. The zero-order chi connectivity index (χ0) is 13.7. The lowest BCUT2D eigenvalue weighted by Gasteiger charge is -2.33. The average molecular weight is 264 g/mol. The van der Waals surface area contributed by atoms with Crippen LogP contribution >= 0.6 is 0 Å². The van der Waals surface area contributed by atoms with Crippen LogP contribution in [-0.2, 0) is 4.79 Å². The van der Waals surface area contributed by atoms with Crippen molar-refractivity contribution in [3.63, 3.8) is 0 Å². The van der Waals surface area contributed by atoms with Crippen molar-refractivity contribution >= 4 is 5.91 Å². The molecular formula is C14H24N4O. The first-order valence-electron chi connectivity index (χ1n) is 7.21. The van der Waals surface area contributed by atoms with Gasteiger partial charge in [-0.15, -0.1) is 0 Å². The topological polar surface area (TPSA) is 61.0 Å². The summed E-state index contributed by atoms with van der Waals surface area (Å²) in [6.45, 7) is 6.75. The van der Waals surface area contributed by atoms with E-state index in [4.69, 9.17) is 0 Å². The number of hydrogen-bond acceptors (Lipinski definition) is 3. The Morgan fingerprint density at radius 2 is 2.53 bits per heavy atom. The maximum atomic E-state index is 12.3. The summed E-state index contributed by atoms with van der Waals surface area (Å²) in [6.07, 6.45) is 4.58. The van der Waals surface area contributed by atoms with Crippen LogP contribution in [0.1, 0.15) is 44.7 Å². The van der Waals surface area contributed by atoms with Crippen molar-refractivity contribution in [3.8, 4) is 0 Å². The first-order chi connectivity index (χ1) is 9.20. The third kappa shape index (κ3) is 3.80. The van der Waals surface area contributed by atoms with Gasteiger partial charge in [-0.2, -0.15) is 5.10 Å². The lowest BCUT2D eigenvalue weighted by molar-refractivity contribution is -0.132. The second kappa shape index (κ2) is 6.70. The highest BCUT2D eigenvalue weighted by molar-refractivity contribution is 5.77. The summed E-state index contributed by atoms with van der Waals surface area (Å²) in [5.41, 5.74) is 1.15. The molecule has 1 aliphatic rings. The summed E-state index contributed by atoms with van der Waals surface area (Å²) in [5.74, 6) is 0.673. The molecule has 1 saturated heterocycles. The number of carbonyl (C=O) groups is 1. The van der Waals surface area contributed by atoms with E-state index in [0.717, 1.165) is 38.2 Å². The molecule has 1 aromatic heterocycles. The predicted molar refractivity (Wildman–Crippen MR) is 74.9 cm³/mol. The van der Waals surface area contributed by atoms with Gasteiger partial charge in [-0.05, 0) is 32.4 Å². The molecule has 0 bridgehead atoms. The highest BCUT2D eigenvalue weighted by Gasteiger charge is 2.25. The number of aromatic nitrogens is 2. The highest BCUT2D eigenvalue weighted by Crippen LogP contribution is 2.25. The molecule has 1 aromatic rings. The highest BCUT2D eigenvalue weighted by atomic mass is 16.2.